The molecule has 0 aromatic heterocycles. The molecule has 100 valence electrons. The Morgan fingerprint density at radius 2 is 1.89 bits per heavy atom. The van der Waals surface area contributed by atoms with Gasteiger partial charge < -0.3 is 5.32 Å². The fraction of sp³-hybridized carbons (Fsp3) is 0.625. The Kier molecular flexibility index (Phi) is 4.41. The lowest BCUT2D eigenvalue weighted by Crippen LogP contribution is -2.44. The number of piperidine rings is 1. The minimum absolute atomic E-state index is 0.671. The van der Waals surface area contributed by atoms with Gasteiger partial charge in [-0.1, -0.05) is 17.7 Å². The van der Waals surface area contributed by atoms with Gasteiger partial charge in [0.15, 0.2) is 0 Å². The first-order chi connectivity index (χ1) is 8.60. The number of benzene rings is 1. The summed E-state index contributed by atoms with van der Waals surface area (Å²) in [5.41, 5.74) is 5.79. The van der Waals surface area contributed by atoms with Gasteiger partial charge >= 0.3 is 0 Å². The van der Waals surface area contributed by atoms with E-state index in [2.05, 4.69) is 50.2 Å². The Bertz CT molecular complexity index is 389. The zero-order valence-corrected chi connectivity index (χ0v) is 12.2. The highest BCUT2D eigenvalue weighted by Crippen LogP contribution is 2.20. The summed E-state index contributed by atoms with van der Waals surface area (Å²) in [5.74, 6) is 0. The number of nitrogens with zero attached hydrogens (tertiary/aromatic N) is 1. The van der Waals surface area contributed by atoms with E-state index in [1.807, 2.05) is 0 Å². The van der Waals surface area contributed by atoms with Crippen molar-refractivity contribution in [3.8, 4) is 0 Å². The highest BCUT2D eigenvalue weighted by atomic mass is 15.2. The second-order valence-corrected chi connectivity index (χ2v) is 5.74. The third kappa shape index (κ3) is 3.12. The Morgan fingerprint density at radius 1 is 1.22 bits per heavy atom. The van der Waals surface area contributed by atoms with E-state index in [1.165, 1.54) is 48.2 Å². The molecule has 1 fully saturated rings. The number of likely N-dealkylation sites (N-methyl/N-ethyl adjacent to an activating group) is 1. The first-order valence-corrected chi connectivity index (χ1v) is 7.06. The van der Waals surface area contributed by atoms with Gasteiger partial charge in [0.2, 0.25) is 0 Å². The van der Waals surface area contributed by atoms with Crippen molar-refractivity contribution in [2.24, 2.45) is 0 Å². The second-order valence-electron chi connectivity index (χ2n) is 5.74. The SMILES string of the molecule is CNC1CCCN(Cc2c(C)cc(C)cc2C)C1. The molecule has 1 aliphatic heterocycles. The summed E-state index contributed by atoms with van der Waals surface area (Å²) in [6, 6.07) is 5.29. The molecule has 18 heavy (non-hydrogen) atoms. The molecule has 1 aliphatic rings. The molecule has 0 spiro atoms. The standard InChI is InChI=1S/C16H26N2/c1-12-8-13(2)16(14(3)9-12)11-18-7-5-6-15(10-18)17-4/h8-9,15,17H,5-7,10-11H2,1-4H3. The highest BCUT2D eigenvalue weighted by molar-refractivity contribution is 5.37. The number of rotatable bonds is 3. The second kappa shape index (κ2) is 5.85. The predicted molar refractivity (Wildman–Crippen MR) is 78.0 cm³/mol. The molecule has 1 unspecified atom stereocenters. The van der Waals surface area contributed by atoms with E-state index in [0.717, 1.165) is 6.54 Å². The number of hydrogen-bond donors (Lipinski definition) is 1. The van der Waals surface area contributed by atoms with Crippen LogP contribution in [0, 0.1) is 20.8 Å². The molecule has 1 atom stereocenters. The highest BCUT2D eigenvalue weighted by Gasteiger charge is 2.19. The van der Waals surface area contributed by atoms with Crippen molar-refractivity contribution in [1.82, 2.24) is 10.2 Å². The van der Waals surface area contributed by atoms with Crippen LogP contribution >= 0.6 is 0 Å². The molecule has 2 heteroatoms. The topological polar surface area (TPSA) is 15.3 Å². The van der Waals surface area contributed by atoms with Crippen LogP contribution in [0.4, 0.5) is 0 Å². The molecule has 0 bridgehead atoms. The predicted octanol–water partition coefficient (Wildman–Crippen LogP) is 2.80. The first-order valence-electron chi connectivity index (χ1n) is 7.06. The molecule has 2 nitrogen and oxygen atoms in total. The number of likely N-dealkylation sites (tertiary alicyclic amines) is 1. The number of hydrogen-bond acceptors (Lipinski definition) is 2. The lowest BCUT2D eigenvalue weighted by Gasteiger charge is -2.33. The fourth-order valence-electron chi connectivity index (χ4n) is 3.12. The van der Waals surface area contributed by atoms with Gasteiger partial charge in [-0.25, -0.2) is 0 Å². The molecule has 0 amide bonds. The summed E-state index contributed by atoms with van der Waals surface area (Å²) in [6.07, 6.45) is 2.63. The minimum atomic E-state index is 0.671. The molecule has 0 radical (unpaired) electrons. The monoisotopic (exact) mass is 246 g/mol. The van der Waals surface area contributed by atoms with Crippen LogP contribution in [0.3, 0.4) is 0 Å². The van der Waals surface area contributed by atoms with E-state index < -0.39 is 0 Å². The molecule has 1 heterocycles. The first kappa shape index (κ1) is 13.6. The van der Waals surface area contributed by atoms with Gasteiger partial charge in [-0.3, -0.25) is 4.90 Å². The Labute approximate surface area is 111 Å². The number of aryl methyl sites for hydroxylation is 3. The van der Waals surface area contributed by atoms with Crippen molar-refractivity contribution in [1.29, 1.82) is 0 Å². The Morgan fingerprint density at radius 3 is 2.50 bits per heavy atom. The molecule has 1 saturated heterocycles. The van der Waals surface area contributed by atoms with Gasteiger partial charge in [-0.05, 0) is 63.9 Å². The smallest absolute Gasteiger partial charge is 0.0239 e. The van der Waals surface area contributed by atoms with Crippen LogP contribution in [0.2, 0.25) is 0 Å². The average Bonchev–Trinajstić information content (AvgIpc) is 2.34. The zero-order valence-electron chi connectivity index (χ0n) is 12.2. The summed E-state index contributed by atoms with van der Waals surface area (Å²) in [7, 11) is 2.08. The van der Waals surface area contributed by atoms with Gasteiger partial charge in [-0.15, -0.1) is 0 Å². The van der Waals surface area contributed by atoms with Gasteiger partial charge in [-0.2, -0.15) is 0 Å². The van der Waals surface area contributed by atoms with Crippen molar-refractivity contribution < 1.29 is 0 Å². The Balaban J connectivity index is 2.09. The largest absolute Gasteiger partial charge is 0.316 e. The van der Waals surface area contributed by atoms with Gasteiger partial charge in [0.1, 0.15) is 0 Å². The maximum absolute atomic E-state index is 3.42. The van der Waals surface area contributed by atoms with Crippen molar-refractivity contribution in [3.05, 3.63) is 34.4 Å². The van der Waals surface area contributed by atoms with E-state index in [9.17, 15) is 0 Å². The summed E-state index contributed by atoms with van der Waals surface area (Å²) in [4.78, 5) is 2.59. The maximum Gasteiger partial charge on any atom is 0.0239 e. The van der Waals surface area contributed by atoms with Crippen molar-refractivity contribution in [2.45, 2.75) is 46.2 Å². The van der Waals surface area contributed by atoms with Crippen LogP contribution in [0.15, 0.2) is 12.1 Å². The minimum Gasteiger partial charge on any atom is -0.316 e. The van der Waals surface area contributed by atoms with Gasteiger partial charge in [0, 0.05) is 19.1 Å². The summed E-state index contributed by atoms with van der Waals surface area (Å²) < 4.78 is 0. The van der Waals surface area contributed by atoms with E-state index in [0.29, 0.717) is 6.04 Å². The van der Waals surface area contributed by atoms with E-state index in [1.54, 1.807) is 0 Å². The van der Waals surface area contributed by atoms with Crippen LogP contribution < -0.4 is 5.32 Å². The van der Waals surface area contributed by atoms with Crippen LogP contribution in [0.25, 0.3) is 0 Å². The molecule has 0 aliphatic carbocycles. The molecule has 0 saturated carbocycles. The van der Waals surface area contributed by atoms with Gasteiger partial charge in [0.25, 0.3) is 0 Å². The summed E-state index contributed by atoms with van der Waals surface area (Å²) in [6.45, 7) is 10.2. The van der Waals surface area contributed by atoms with Crippen LogP contribution in [0.1, 0.15) is 35.1 Å². The summed E-state index contributed by atoms with van der Waals surface area (Å²) >= 11 is 0. The zero-order chi connectivity index (χ0) is 13.1. The lowest BCUT2D eigenvalue weighted by atomic mass is 9.98. The number of nitrogens with one attached hydrogen (secondary N) is 1. The van der Waals surface area contributed by atoms with E-state index in [4.69, 9.17) is 0 Å². The maximum atomic E-state index is 3.42. The normalized spacial score (nSPS) is 21.2. The molecule has 1 aromatic carbocycles. The quantitative estimate of drug-likeness (QED) is 0.882. The van der Waals surface area contributed by atoms with E-state index >= 15 is 0 Å². The third-order valence-corrected chi connectivity index (χ3v) is 4.14. The third-order valence-electron chi connectivity index (χ3n) is 4.14. The van der Waals surface area contributed by atoms with Crippen LogP contribution in [-0.4, -0.2) is 31.1 Å². The van der Waals surface area contributed by atoms with Crippen molar-refractivity contribution >= 4 is 0 Å². The lowest BCUT2D eigenvalue weighted by molar-refractivity contribution is 0.187. The molecule has 1 aromatic rings. The van der Waals surface area contributed by atoms with E-state index in [-0.39, 0.29) is 0 Å². The van der Waals surface area contributed by atoms with Crippen LogP contribution in [-0.2, 0) is 6.54 Å². The van der Waals surface area contributed by atoms with Crippen molar-refractivity contribution in [2.75, 3.05) is 20.1 Å². The fourth-order valence-corrected chi connectivity index (χ4v) is 3.12. The average molecular weight is 246 g/mol. The molecular weight excluding hydrogens is 220 g/mol. The van der Waals surface area contributed by atoms with Crippen LogP contribution in [0.5, 0.6) is 0 Å². The Hall–Kier alpha value is -0.860. The summed E-state index contributed by atoms with van der Waals surface area (Å²) in [5, 5.41) is 3.42. The van der Waals surface area contributed by atoms with Gasteiger partial charge in [0.05, 0.1) is 0 Å². The van der Waals surface area contributed by atoms with Crippen molar-refractivity contribution in [3.63, 3.8) is 0 Å². The molecule has 1 N–H and O–H groups in total. The molecule has 2 rings (SSSR count). The molecular formula is C16H26N2.